The summed E-state index contributed by atoms with van der Waals surface area (Å²) in [5.74, 6) is 0. The first-order chi connectivity index (χ1) is 9.36. The van der Waals surface area contributed by atoms with Crippen LogP contribution in [0.1, 0.15) is 50.6 Å². The van der Waals surface area contributed by atoms with E-state index in [1.165, 1.54) is 11.1 Å². The van der Waals surface area contributed by atoms with Crippen LogP contribution < -0.4 is 5.32 Å². The highest BCUT2D eigenvalue weighted by Gasteiger charge is 2.14. The van der Waals surface area contributed by atoms with Gasteiger partial charge in [-0.25, -0.2) is 0 Å². The van der Waals surface area contributed by atoms with Crippen LogP contribution in [0.4, 0.5) is 0 Å². The van der Waals surface area contributed by atoms with Crippen molar-refractivity contribution < 1.29 is 0 Å². The Balaban J connectivity index is 1.97. The molecular formula is C16H24N4. The second kappa shape index (κ2) is 5.75. The van der Waals surface area contributed by atoms with Crippen LogP contribution in [0.2, 0.25) is 0 Å². The molecule has 0 saturated carbocycles. The summed E-state index contributed by atoms with van der Waals surface area (Å²) in [5.41, 5.74) is 3.82. The summed E-state index contributed by atoms with van der Waals surface area (Å²) < 4.78 is 1.72. The van der Waals surface area contributed by atoms with E-state index in [1.54, 1.807) is 4.68 Å². The van der Waals surface area contributed by atoms with Gasteiger partial charge in [0.15, 0.2) is 0 Å². The quantitative estimate of drug-likeness (QED) is 0.930. The maximum atomic E-state index is 4.08. The zero-order valence-electron chi connectivity index (χ0n) is 13.0. The molecule has 0 radical (unpaired) electrons. The molecular weight excluding hydrogens is 248 g/mol. The molecule has 0 fully saturated rings. The Morgan fingerprint density at radius 3 is 2.35 bits per heavy atom. The van der Waals surface area contributed by atoms with Gasteiger partial charge in [-0.05, 0) is 23.5 Å². The summed E-state index contributed by atoms with van der Waals surface area (Å²) in [6.45, 7) is 9.60. The Kier molecular flexibility index (Phi) is 4.23. The lowest BCUT2D eigenvalue weighted by Gasteiger charge is -2.20. The van der Waals surface area contributed by atoms with E-state index in [9.17, 15) is 0 Å². The van der Waals surface area contributed by atoms with Crippen molar-refractivity contribution in [1.82, 2.24) is 20.3 Å². The molecule has 20 heavy (non-hydrogen) atoms. The summed E-state index contributed by atoms with van der Waals surface area (Å²) in [6.07, 6.45) is 1.93. The van der Waals surface area contributed by atoms with E-state index in [0.717, 1.165) is 12.2 Å². The summed E-state index contributed by atoms with van der Waals surface area (Å²) >= 11 is 0. The topological polar surface area (TPSA) is 42.7 Å². The van der Waals surface area contributed by atoms with Crippen LogP contribution in [-0.4, -0.2) is 15.0 Å². The average molecular weight is 272 g/mol. The molecule has 1 aromatic heterocycles. The largest absolute Gasteiger partial charge is 0.304 e. The molecule has 1 N–H and O–H groups in total. The van der Waals surface area contributed by atoms with Crippen LogP contribution in [0.15, 0.2) is 30.5 Å². The molecule has 1 aromatic carbocycles. The fourth-order valence-corrected chi connectivity index (χ4v) is 2.12. The van der Waals surface area contributed by atoms with Gasteiger partial charge in [-0.1, -0.05) is 50.3 Å². The van der Waals surface area contributed by atoms with Crippen molar-refractivity contribution in [1.29, 1.82) is 0 Å². The first kappa shape index (κ1) is 14.7. The SMILES string of the molecule is CC(NCc1cn(C)nn1)c1ccc(C(C)(C)C)cc1. The standard InChI is InChI=1S/C16H24N4/c1-12(17-10-15-11-20(5)19-18-15)13-6-8-14(9-7-13)16(2,3)4/h6-9,11-12,17H,10H2,1-5H3. The smallest absolute Gasteiger partial charge is 0.0964 e. The van der Waals surface area contributed by atoms with Crippen molar-refractivity contribution >= 4 is 0 Å². The van der Waals surface area contributed by atoms with Gasteiger partial charge in [0.2, 0.25) is 0 Å². The Morgan fingerprint density at radius 2 is 1.85 bits per heavy atom. The van der Waals surface area contributed by atoms with Crippen molar-refractivity contribution in [3.05, 3.63) is 47.3 Å². The van der Waals surface area contributed by atoms with E-state index in [4.69, 9.17) is 0 Å². The summed E-state index contributed by atoms with van der Waals surface area (Å²) in [5, 5.41) is 11.5. The fraction of sp³-hybridized carbons (Fsp3) is 0.500. The molecule has 4 nitrogen and oxygen atoms in total. The first-order valence-electron chi connectivity index (χ1n) is 7.05. The summed E-state index contributed by atoms with van der Waals surface area (Å²) in [7, 11) is 1.88. The van der Waals surface area contributed by atoms with Gasteiger partial charge in [0.05, 0.1) is 5.69 Å². The highest BCUT2D eigenvalue weighted by atomic mass is 15.4. The van der Waals surface area contributed by atoms with Crippen LogP contribution in [0.3, 0.4) is 0 Å². The average Bonchev–Trinajstić information content (AvgIpc) is 2.81. The van der Waals surface area contributed by atoms with Crippen molar-refractivity contribution in [2.24, 2.45) is 7.05 Å². The minimum absolute atomic E-state index is 0.203. The molecule has 0 aliphatic rings. The van der Waals surface area contributed by atoms with Crippen LogP contribution in [0.25, 0.3) is 0 Å². The number of hydrogen-bond donors (Lipinski definition) is 1. The van der Waals surface area contributed by atoms with Gasteiger partial charge in [-0.15, -0.1) is 5.10 Å². The number of rotatable bonds is 4. The number of hydrogen-bond acceptors (Lipinski definition) is 3. The Bertz CT molecular complexity index is 549. The highest BCUT2D eigenvalue weighted by Crippen LogP contribution is 2.23. The van der Waals surface area contributed by atoms with Gasteiger partial charge in [0.1, 0.15) is 0 Å². The number of aryl methyl sites for hydroxylation is 1. The monoisotopic (exact) mass is 272 g/mol. The van der Waals surface area contributed by atoms with Crippen LogP contribution >= 0.6 is 0 Å². The summed E-state index contributed by atoms with van der Waals surface area (Å²) in [4.78, 5) is 0. The van der Waals surface area contributed by atoms with Gasteiger partial charge in [0.25, 0.3) is 0 Å². The van der Waals surface area contributed by atoms with Gasteiger partial charge in [-0.3, -0.25) is 4.68 Å². The third-order valence-electron chi connectivity index (χ3n) is 3.52. The van der Waals surface area contributed by atoms with E-state index < -0.39 is 0 Å². The number of nitrogens with zero attached hydrogens (tertiary/aromatic N) is 3. The third kappa shape index (κ3) is 3.67. The maximum Gasteiger partial charge on any atom is 0.0964 e. The molecule has 2 aromatic rings. The lowest BCUT2D eigenvalue weighted by molar-refractivity contribution is 0.563. The second-order valence-corrected chi connectivity index (χ2v) is 6.36. The summed E-state index contributed by atoms with van der Waals surface area (Å²) in [6, 6.07) is 9.14. The second-order valence-electron chi connectivity index (χ2n) is 6.36. The first-order valence-corrected chi connectivity index (χ1v) is 7.05. The highest BCUT2D eigenvalue weighted by molar-refractivity contribution is 5.29. The Morgan fingerprint density at radius 1 is 1.20 bits per heavy atom. The minimum atomic E-state index is 0.203. The number of aromatic nitrogens is 3. The van der Waals surface area contributed by atoms with Gasteiger partial charge in [-0.2, -0.15) is 0 Å². The Hall–Kier alpha value is -1.68. The number of nitrogens with one attached hydrogen (secondary N) is 1. The molecule has 1 heterocycles. The predicted octanol–water partition coefficient (Wildman–Crippen LogP) is 2.96. The molecule has 0 aliphatic carbocycles. The Labute approximate surface area is 121 Å². The van der Waals surface area contributed by atoms with E-state index in [1.807, 2.05) is 13.2 Å². The van der Waals surface area contributed by atoms with E-state index in [0.29, 0.717) is 6.04 Å². The molecule has 0 bridgehead atoms. The molecule has 0 amide bonds. The van der Waals surface area contributed by atoms with Crippen molar-refractivity contribution in [2.45, 2.75) is 45.7 Å². The van der Waals surface area contributed by atoms with Crippen LogP contribution in [-0.2, 0) is 19.0 Å². The molecule has 2 rings (SSSR count). The van der Waals surface area contributed by atoms with Crippen molar-refractivity contribution in [3.8, 4) is 0 Å². The van der Waals surface area contributed by atoms with Crippen LogP contribution in [0.5, 0.6) is 0 Å². The molecule has 1 atom stereocenters. The van der Waals surface area contributed by atoms with E-state index in [2.05, 4.69) is 67.6 Å². The molecule has 0 aliphatic heterocycles. The molecule has 0 saturated heterocycles. The number of benzene rings is 1. The van der Waals surface area contributed by atoms with Crippen molar-refractivity contribution in [3.63, 3.8) is 0 Å². The maximum absolute atomic E-state index is 4.08. The van der Waals surface area contributed by atoms with Crippen LogP contribution in [0, 0.1) is 0 Å². The molecule has 1 unspecified atom stereocenters. The third-order valence-corrected chi connectivity index (χ3v) is 3.52. The lowest BCUT2D eigenvalue weighted by Crippen LogP contribution is -2.18. The normalized spacial score (nSPS) is 13.4. The molecule has 0 spiro atoms. The fourth-order valence-electron chi connectivity index (χ4n) is 2.12. The van der Waals surface area contributed by atoms with Gasteiger partial charge < -0.3 is 5.32 Å². The molecule has 108 valence electrons. The van der Waals surface area contributed by atoms with Gasteiger partial charge >= 0.3 is 0 Å². The van der Waals surface area contributed by atoms with E-state index in [-0.39, 0.29) is 5.41 Å². The predicted molar refractivity (Wildman–Crippen MR) is 81.4 cm³/mol. The van der Waals surface area contributed by atoms with E-state index >= 15 is 0 Å². The van der Waals surface area contributed by atoms with Gasteiger partial charge in [0, 0.05) is 25.8 Å². The van der Waals surface area contributed by atoms with Crippen molar-refractivity contribution in [2.75, 3.05) is 0 Å². The zero-order valence-corrected chi connectivity index (χ0v) is 13.0. The lowest BCUT2D eigenvalue weighted by atomic mass is 9.86. The minimum Gasteiger partial charge on any atom is -0.304 e. The zero-order chi connectivity index (χ0) is 14.8. The molecule has 4 heteroatoms.